The van der Waals surface area contributed by atoms with Crippen LogP contribution in [-0.2, 0) is 4.74 Å². The van der Waals surface area contributed by atoms with Crippen LogP contribution in [0.15, 0.2) is 29.2 Å². The Morgan fingerprint density at radius 2 is 1.88 bits per heavy atom. The van der Waals surface area contributed by atoms with Crippen LogP contribution < -0.4 is 19.8 Å². The van der Waals surface area contributed by atoms with Crippen LogP contribution in [-0.4, -0.2) is 56.7 Å². The van der Waals surface area contributed by atoms with Crippen LogP contribution in [0.2, 0.25) is 0 Å². The van der Waals surface area contributed by atoms with Crippen LogP contribution in [0.3, 0.4) is 0 Å². The highest BCUT2D eigenvalue weighted by molar-refractivity contribution is 5.88. The highest BCUT2D eigenvalue weighted by Gasteiger charge is 2.34. The quantitative estimate of drug-likeness (QED) is 0.652. The maximum atomic E-state index is 12.6. The van der Waals surface area contributed by atoms with Gasteiger partial charge in [-0.1, -0.05) is 20.8 Å². The average molecular weight is 445 g/mol. The first-order chi connectivity index (χ1) is 15.1. The lowest BCUT2D eigenvalue weighted by Crippen LogP contribution is -2.35. The number of fused-ring (bicyclic) bond motifs is 3. The van der Waals surface area contributed by atoms with E-state index in [2.05, 4.69) is 25.7 Å². The van der Waals surface area contributed by atoms with Crippen molar-refractivity contribution < 1.29 is 24.1 Å². The fraction of sp³-hybridized carbons (Fsp3) is 0.500. The van der Waals surface area contributed by atoms with E-state index in [0.717, 1.165) is 17.7 Å². The third-order valence-electron chi connectivity index (χ3n) is 5.81. The molecule has 0 spiro atoms. The molecule has 2 heterocycles. The molecule has 0 fully saturated rings. The third-order valence-corrected chi connectivity index (χ3v) is 5.81. The molecule has 0 saturated carbocycles. The molecule has 3 rings (SSSR count). The fourth-order valence-electron chi connectivity index (χ4n) is 4.05. The Kier molecular flexibility index (Phi) is 6.83. The van der Waals surface area contributed by atoms with E-state index in [1.807, 2.05) is 23.7 Å². The van der Waals surface area contributed by atoms with Crippen LogP contribution >= 0.6 is 0 Å². The summed E-state index contributed by atoms with van der Waals surface area (Å²) in [6.45, 7) is 8.02. The van der Waals surface area contributed by atoms with E-state index in [-0.39, 0.29) is 17.0 Å². The molecule has 0 radical (unpaired) electrons. The number of methoxy groups -OCH3 is 2. The number of nitrogens with zero attached hydrogens (tertiary/aromatic N) is 2. The monoisotopic (exact) mass is 444 g/mol. The number of benzene rings is 1. The molecule has 0 bridgehead atoms. The number of carboxylic acids is 1. The van der Waals surface area contributed by atoms with Gasteiger partial charge in [0.05, 0.1) is 25.5 Å². The standard InChI is InChI=1S/C24H32N2O6/c1-24(2,3)22-14-25(4)17-12-21(32-9-7-8-30-5)20(31-6)10-15(17)18-11-19(27)16(23(28)29)13-26(18)22/h10-13,22H,7-9,14H2,1-6H3,(H,28,29). The van der Waals surface area contributed by atoms with Crippen LogP contribution in [0, 0.1) is 5.41 Å². The van der Waals surface area contributed by atoms with Crippen molar-refractivity contribution in [1.29, 1.82) is 0 Å². The van der Waals surface area contributed by atoms with E-state index in [1.54, 1.807) is 14.2 Å². The normalized spacial score (nSPS) is 15.6. The van der Waals surface area contributed by atoms with E-state index in [1.165, 1.54) is 12.3 Å². The summed E-state index contributed by atoms with van der Waals surface area (Å²) in [6, 6.07) is 5.12. The molecule has 1 aliphatic rings. The Morgan fingerprint density at radius 1 is 1.16 bits per heavy atom. The lowest BCUT2D eigenvalue weighted by atomic mass is 9.86. The first kappa shape index (κ1) is 23.7. The van der Waals surface area contributed by atoms with Gasteiger partial charge >= 0.3 is 5.97 Å². The molecule has 1 aromatic carbocycles. The van der Waals surface area contributed by atoms with Crippen LogP contribution in [0.1, 0.15) is 43.6 Å². The maximum Gasteiger partial charge on any atom is 0.341 e. The zero-order valence-electron chi connectivity index (χ0n) is 19.6. The molecule has 174 valence electrons. The zero-order chi connectivity index (χ0) is 23.6. The number of carbonyl (C=O) groups is 1. The number of aromatic carboxylic acids is 1. The second-order valence-corrected chi connectivity index (χ2v) is 9.13. The zero-order valence-corrected chi connectivity index (χ0v) is 19.6. The topological polar surface area (TPSA) is 90.2 Å². The summed E-state index contributed by atoms with van der Waals surface area (Å²) >= 11 is 0. The van der Waals surface area contributed by atoms with Gasteiger partial charge in [0.2, 0.25) is 0 Å². The van der Waals surface area contributed by atoms with Crippen molar-refractivity contribution in [2.24, 2.45) is 5.41 Å². The van der Waals surface area contributed by atoms with Gasteiger partial charge in [0, 0.05) is 63.3 Å². The van der Waals surface area contributed by atoms with E-state index in [0.29, 0.717) is 37.0 Å². The summed E-state index contributed by atoms with van der Waals surface area (Å²) in [4.78, 5) is 26.4. The van der Waals surface area contributed by atoms with Gasteiger partial charge in [0.1, 0.15) is 5.56 Å². The molecule has 0 amide bonds. The number of pyridine rings is 1. The van der Waals surface area contributed by atoms with E-state index in [4.69, 9.17) is 14.2 Å². The molecule has 32 heavy (non-hydrogen) atoms. The number of ether oxygens (including phenoxy) is 3. The van der Waals surface area contributed by atoms with Crippen molar-refractivity contribution in [1.82, 2.24) is 4.57 Å². The summed E-state index contributed by atoms with van der Waals surface area (Å²) in [5, 5.41) is 9.54. The summed E-state index contributed by atoms with van der Waals surface area (Å²) in [7, 11) is 5.21. The highest BCUT2D eigenvalue weighted by atomic mass is 16.5. The Labute approximate surface area is 188 Å². The summed E-state index contributed by atoms with van der Waals surface area (Å²) in [5.74, 6) is -0.0716. The van der Waals surface area contributed by atoms with Crippen LogP contribution in [0.25, 0.3) is 11.3 Å². The molecule has 0 aliphatic carbocycles. The predicted molar refractivity (Wildman–Crippen MR) is 123 cm³/mol. The molecule has 2 aromatic rings. The van der Waals surface area contributed by atoms with Crippen molar-refractivity contribution in [3.63, 3.8) is 0 Å². The van der Waals surface area contributed by atoms with Gasteiger partial charge in [0.25, 0.3) is 0 Å². The van der Waals surface area contributed by atoms with Gasteiger partial charge in [-0.05, 0) is 11.5 Å². The number of aromatic nitrogens is 1. The average Bonchev–Trinajstić information content (AvgIpc) is 2.84. The number of rotatable bonds is 7. The molecular formula is C24H32N2O6. The van der Waals surface area contributed by atoms with E-state index in [9.17, 15) is 14.7 Å². The minimum atomic E-state index is -1.23. The minimum Gasteiger partial charge on any atom is -0.493 e. The van der Waals surface area contributed by atoms with Gasteiger partial charge in [0.15, 0.2) is 16.9 Å². The number of anilines is 1. The SMILES string of the molecule is COCCCOc1cc2c(cc1OC)-c1cc(=O)c(C(=O)O)cn1C(C(C)(C)C)CN2C. The minimum absolute atomic E-state index is 0.0781. The number of hydrogen-bond donors (Lipinski definition) is 1. The van der Waals surface area contributed by atoms with Gasteiger partial charge in [-0.15, -0.1) is 0 Å². The molecular weight excluding hydrogens is 412 g/mol. The smallest absolute Gasteiger partial charge is 0.341 e. The lowest BCUT2D eigenvalue weighted by molar-refractivity contribution is 0.0693. The molecule has 1 aliphatic heterocycles. The molecule has 8 nitrogen and oxygen atoms in total. The highest BCUT2D eigenvalue weighted by Crippen LogP contribution is 2.45. The molecule has 1 aromatic heterocycles. The predicted octanol–water partition coefficient (Wildman–Crippen LogP) is 3.67. The maximum absolute atomic E-state index is 12.6. The Morgan fingerprint density at radius 3 is 2.47 bits per heavy atom. The lowest BCUT2D eigenvalue weighted by Gasteiger charge is -2.35. The van der Waals surface area contributed by atoms with Crippen molar-refractivity contribution in [2.75, 3.05) is 45.9 Å². The van der Waals surface area contributed by atoms with E-state index >= 15 is 0 Å². The van der Waals surface area contributed by atoms with Crippen LogP contribution in [0.4, 0.5) is 5.69 Å². The second kappa shape index (κ2) is 9.24. The molecule has 8 heteroatoms. The summed E-state index contributed by atoms with van der Waals surface area (Å²) < 4.78 is 18.6. The summed E-state index contributed by atoms with van der Waals surface area (Å²) in [6.07, 6.45) is 2.22. The molecule has 0 saturated heterocycles. The Hall–Kier alpha value is -3.00. The number of carboxylic acid groups (broad SMARTS) is 1. The van der Waals surface area contributed by atoms with Crippen molar-refractivity contribution in [2.45, 2.75) is 33.2 Å². The van der Waals surface area contributed by atoms with Gasteiger partial charge in [-0.25, -0.2) is 4.79 Å². The molecule has 1 atom stereocenters. The number of likely N-dealkylation sites (N-methyl/N-ethyl adjacent to an activating group) is 1. The summed E-state index contributed by atoms with van der Waals surface area (Å²) in [5.41, 5.74) is 1.37. The first-order valence-electron chi connectivity index (χ1n) is 10.6. The van der Waals surface area contributed by atoms with Gasteiger partial charge < -0.3 is 28.8 Å². The first-order valence-corrected chi connectivity index (χ1v) is 10.6. The largest absolute Gasteiger partial charge is 0.493 e. The van der Waals surface area contributed by atoms with Gasteiger partial charge in [-0.3, -0.25) is 4.79 Å². The molecule has 1 N–H and O–H groups in total. The van der Waals surface area contributed by atoms with Crippen LogP contribution in [0.5, 0.6) is 11.5 Å². The Balaban J connectivity index is 2.22. The second-order valence-electron chi connectivity index (χ2n) is 9.13. The Bertz CT molecular complexity index is 1050. The van der Waals surface area contributed by atoms with Gasteiger partial charge in [-0.2, -0.15) is 0 Å². The molecule has 1 unspecified atom stereocenters. The van der Waals surface area contributed by atoms with E-state index < -0.39 is 11.4 Å². The fourth-order valence-corrected chi connectivity index (χ4v) is 4.05. The number of hydrogen-bond acceptors (Lipinski definition) is 6. The van der Waals surface area contributed by atoms with Crippen molar-refractivity contribution >= 4 is 11.7 Å². The van der Waals surface area contributed by atoms with Crippen molar-refractivity contribution in [3.8, 4) is 22.8 Å². The third kappa shape index (κ3) is 4.60. The van der Waals surface area contributed by atoms with Crippen molar-refractivity contribution in [3.05, 3.63) is 40.2 Å².